The molecule has 1 atom stereocenters. The van der Waals surface area contributed by atoms with Crippen LogP contribution in [-0.4, -0.2) is 11.5 Å². The zero-order valence-electron chi connectivity index (χ0n) is 9.52. The Bertz CT molecular complexity index is 555. The van der Waals surface area contributed by atoms with E-state index >= 15 is 0 Å². The van der Waals surface area contributed by atoms with Gasteiger partial charge in [0.05, 0.1) is 6.04 Å². The average molecular weight is 289 g/mol. The monoisotopic (exact) mass is 289 g/mol. The van der Waals surface area contributed by atoms with Crippen LogP contribution in [0, 0.1) is 0 Å². The second-order valence-electron chi connectivity index (χ2n) is 3.80. The molecule has 0 radical (unpaired) electrons. The van der Waals surface area contributed by atoms with E-state index in [0.717, 1.165) is 18.2 Å². The standard InChI is InChI=1S/C12H10F3NO2S/c13-12(14,15)18-8-1-2-10(17)9(5-8)11(16)7-3-4-19-6-7/h1-6,11,17H,16H2/t11-/m0/s1. The molecule has 7 heteroatoms. The van der Waals surface area contributed by atoms with Gasteiger partial charge >= 0.3 is 6.36 Å². The normalized spacial score (nSPS) is 13.3. The van der Waals surface area contributed by atoms with Crippen molar-refractivity contribution >= 4 is 11.3 Å². The summed E-state index contributed by atoms with van der Waals surface area (Å²) in [6.45, 7) is 0. The average Bonchev–Trinajstić information content (AvgIpc) is 2.82. The second-order valence-corrected chi connectivity index (χ2v) is 4.58. The van der Waals surface area contributed by atoms with E-state index in [4.69, 9.17) is 5.73 Å². The first-order valence-electron chi connectivity index (χ1n) is 5.23. The number of hydrogen-bond donors (Lipinski definition) is 2. The van der Waals surface area contributed by atoms with Gasteiger partial charge in [-0.1, -0.05) is 0 Å². The van der Waals surface area contributed by atoms with Crippen molar-refractivity contribution < 1.29 is 23.0 Å². The van der Waals surface area contributed by atoms with Gasteiger partial charge in [0.25, 0.3) is 0 Å². The fourth-order valence-corrected chi connectivity index (χ4v) is 2.31. The maximum absolute atomic E-state index is 12.1. The zero-order valence-corrected chi connectivity index (χ0v) is 10.3. The molecule has 0 unspecified atom stereocenters. The number of thiophene rings is 1. The van der Waals surface area contributed by atoms with Gasteiger partial charge in [-0.25, -0.2) is 0 Å². The molecule has 3 N–H and O–H groups in total. The largest absolute Gasteiger partial charge is 0.573 e. The van der Waals surface area contributed by atoms with Gasteiger partial charge in [-0.3, -0.25) is 0 Å². The third-order valence-corrected chi connectivity index (χ3v) is 3.17. The molecule has 2 aromatic rings. The van der Waals surface area contributed by atoms with E-state index in [0.29, 0.717) is 5.56 Å². The van der Waals surface area contributed by atoms with Gasteiger partial charge in [0, 0.05) is 5.56 Å². The molecular weight excluding hydrogens is 279 g/mol. The van der Waals surface area contributed by atoms with E-state index < -0.39 is 18.2 Å². The number of alkyl halides is 3. The van der Waals surface area contributed by atoms with E-state index in [-0.39, 0.29) is 11.3 Å². The van der Waals surface area contributed by atoms with Gasteiger partial charge in [0.2, 0.25) is 0 Å². The molecule has 0 saturated heterocycles. The van der Waals surface area contributed by atoms with Crippen LogP contribution < -0.4 is 10.5 Å². The van der Waals surface area contributed by atoms with Crippen molar-refractivity contribution in [2.24, 2.45) is 5.73 Å². The van der Waals surface area contributed by atoms with Crippen molar-refractivity contribution in [3.8, 4) is 11.5 Å². The predicted octanol–water partition coefficient (Wildman–Crippen LogP) is 3.40. The summed E-state index contributed by atoms with van der Waals surface area (Å²) >= 11 is 1.41. The number of phenolic OH excluding ortho intramolecular Hbond substituents is 1. The Labute approximate surface area is 111 Å². The molecule has 3 nitrogen and oxygen atoms in total. The molecule has 0 aliphatic rings. The van der Waals surface area contributed by atoms with Crippen molar-refractivity contribution in [3.05, 3.63) is 46.2 Å². The topological polar surface area (TPSA) is 55.5 Å². The second kappa shape index (κ2) is 5.10. The maximum Gasteiger partial charge on any atom is 0.573 e. The number of halogens is 3. The summed E-state index contributed by atoms with van der Waals surface area (Å²) < 4.78 is 40.2. The summed E-state index contributed by atoms with van der Waals surface area (Å²) in [5.41, 5.74) is 6.80. The lowest BCUT2D eigenvalue weighted by molar-refractivity contribution is -0.274. The Balaban J connectivity index is 2.32. The van der Waals surface area contributed by atoms with Crippen LogP contribution in [-0.2, 0) is 0 Å². The summed E-state index contributed by atoms with van der Waals surface area (Å²) in [6.07, 6.45) is -4.78. The number of aromatic hydroxyl groups is 1. The van der Waals surface area contributed by atoms with Crippen LogP contribution in [0.3, 0.4) is 0 Å². The van der Waals surface area contributed by atoms with Gasteiger partial charge in [0.1, 0.15) is 11.5 Å². The van der Waals surface area contributed by atoms with Crippen LogP contribution in [0.1, 0.15) is 17.2 Å². The lowest BCUT2D eigenvalue weighted by atomic mass is 10.0. The van der Waals surface area contributed by atoms with Crippen LogP contribution in [0.15, 0.2) is 35.0 Å². The highest BCUT2D eigenvalue weighted by Gasteiger charge is 2.31. The molecule has 102 valence electrons. The number of rotatable bonds is 3. The smallest absolute Gasteiger partial charge is 0.508 e. The number of phenols is 1. The van der Waals surface area contributed by atoms with E-state index in [9.17, 15) is 18.3 Å². The van der Waals surface area contributed by atoms with E-state index in [1.807, 2.05) is 0 Å². The van der Waals surface area contributed by atoms with Crippen LogP contribution >= 0.6 is 11.3 Å². The maximum atomic E-state index is 12.1. The van der Waals surface area contributed by atoms with E-state index in [1.54, 1.807) is 16.8 Å². The van der Waals surface area contributed by atoms with Crippen molar-refractivity contribution in [3.63, 3.8) is 0 Å². The molecular formula is C12H10F3NO2S. The molecule has 0 spiro atoms. The Kier molecular flexibility index (Phi) is 3.68. The Morgan fingerprint density at radius 3 is 2.58 bits per heavy atom. The molecule has 0 bridgehead atoms. The number of ether oxygens (including phenoxy) is 1. The first kappa shape index (κ1) is 13.7. The summed E-state index contributed by atoms with van der Waals surface area (Å²) in [6, 6.07) is 4.29. The molecule has 0 saturated carbocycles. The summed E-state index contributed by atoms with van der Waals surface area (Å²) in [5.74, 6) is -0.584. The molecule has 2 rings (SSSR count). The summed E-state index contributed by atoms with van der Waals surface area (Å²) in [7, 11) is 0. The van der Waals surface area contributed by atoms with Crippen molar-refractivity contribution in [1.29, 1.82) is 0 Å². The molecule has 0 aliphatic carbocycles. The number of benzene rings is 1. The van der Waals surface area contributed by atoms with Crippen LogP contribution in [0.25, 0.3) is 0 Å². The SMILES string of the molecule is N[C@@H](c1ccsc1)c1cc(OC(F)(F)F)ccc1O. The minimum atomic E-state index is -4.78. The highest BCUT2D eigenvalue weighted by molar-refractivity contribution is 7.08. The fourth-order valence-electron chi connectivity index (χ4n) is 1.61. The summed E-state index contributed by atoms with van der Waals surface area (Å²) in [4.78, 5) is 0. The molecule has 0 fully saturated rings. The molecule has 0 aliphatic heterocycles. The first-order chi connectivity index (χ1) is 8.87. The Hall–Kier alpha value is -1.73. The molecule has 1 aromatic heterocycles. The number of nitrogens with two attached hydrogens (primary N) is 1. The minimum absolute atomic E-state index is 0.173. The van der Waals surface area contributed by atoms with Crippen molar-refractivity contribution in [1.82, 2.24) is 0 Å². The molecule has 19 heavy (non-hydrogen) atoms. The third kappa shape index (κ3) is 3.39. The molecule has 1 aromatic carbocycles. The molecule has 1 heterocycles. The Morgan fingerprint density at radius 1 is 1.26 bits per heavy atom. The first-order valence-corrected chi connectivity index (χ1v) is 6.17. The zero-order chi connectivity index (χ0) is 14.0. The van der Waals surface area contributed by atoms with Crippen LogP contribution in [0.4, 0.5) is 13.2 Å². The third-order valence-electron chi connectivity index (χ3n) is 2.47. The van der Waals surface area contributed by atoms with Crippen molar-refractivity contribution in [2.45, 2.75) is 12.4 Å². The van der Waals surface area contributed by atoms with Crippen LogP contribution in [0.2, 0.25) is 0 Å². The van der Waals surface area contributed by atoms with E-state index in [1.165, 1.54) is 11.3 Å². The van der Waals surface area contributed by atoms with Gasteiger partial charge in [-0.15, -0.1) is 13.2 Å². The fraction of sp³-hybridized carbons (Fsp3) is 0.167. The van der Waals surface area contributed by atoms with Gasteiger partial charge in [-0.05, 0) is 40.6 Å². The van der Waals surface area contributed by atoms with Crippen LogP contribution in [0.5, 0.6) is 11.5 Å². The summed E-state index contributed by atoms with van der Waals surface area (Å²) in [5, 5.41) is 13.2. The molecule has 0 amide bonds. The highest BCUT2D eigenvalue weighted by atomic mass is 32.1. The predicted molar refractivity (Wildman–Crippen MR) is 65.1 cm³/mol. The quantitative estimate of drug-likeness (QED) is 0.910. The van der Waals surface area contributed by atoms with Gasteiger partial charge in [-0.2, -0.15) is 11.3 Å². The van der Waals surface area contributed by atoms with Gasteiger partial charge < -0.3 is 15.6 Å². The minimum Gasteiger partial charge on any atom is -0.508 e. The van der Waals surface area contributed by atoms with Gasteiger partial charge in [0.15, 0.2) is 0 Å². The Morgan fingerprint density at radius 2 is 2.00 bits per heavy atom. The van der Waals surface area contributed by atoms with Crippen molar-refractivity contribution in [2.75, 3.05) is 0 Å². The highest BCUT2D eigenvalue weighted by Crippen LogP contribution is 2.33. The number of hydrogen-bond acceptors (Lipinski definition) is 4. The lowest BCUT2D eigenvalue weighted by Crippen LogP contribution is -2.18. The lowest BCUT2D eigenvalue weighted by Gasteiger charge is -2.15. The van der Waals surface area contributed by atoms with E-state index in [2.05, 4.69) is 4.74 Å².